The summed E-state index contributed by atoms with van der Waals surface area (Å²) in [5.74, 6) is -3.41. The Kier molecular flexibility index (Phi) is 2.85. The summed E-state index contributed by atoms with van der Waals surface area (Å²) in [6, 6.07) is 1.85. The number of benzene rings is 1. The zero-order valence-corrected chi connectivity index (χ0v) is 7.47. The molecule has 1 aromatic rings. The summed E-state index contributed by atoms with van der Waals surface area (Å²) in [5.41, 5.74) is -3.77. The highest BCUT2D eigenvalue weighted by molar-refractivity contribution is 5.88. The molecule has 0 bridgehead atoms. The molecule has 0 radical (unpaired) electrons. The number of hydrogen-bond donors (Lipinski definition) is 1. The third-order valence-electron chi connectivity index (χ3n) is 1.79. The highest BCUT2D eigenvalue weighted by atomic mass is 19.4. The molecule has 16 heavy (non-hydrogen) atoms. The smallest absolute Gasteiger partial charge is 0.417 e. The monoisotopic (exact) mass is 233 g/mol. The van der Waals surface area contributed by atoms with Gasteiger partial charge in [-0.2, -0.15) is 18.4 Å². The van der Waals surface area contributed by atoms with Crippen molar-refractivity contribution in [2.24, 2.45) is 0 Å². The van der Waals surface area contributed by atoms with Crippen molar-refractivity contribution in [3.63, 3.8) is 0 Å². The van der Waals surface area contributed by atoms with Gasteiger partial charge in [0.05, 0.1) is 11.1 Å². The summed E-state index contributed by atoms with van der Waals surface area (Å²) < 4.78 is 50.1. The maximum atomic E-state index is 13.2. The van der Waals surface area contributed by atoms with E-state index in [1.54, 1.807) is 0 Å². The lowest BCUT2D eigenvalue weighted by Crippen LogP contribution is -2.12. The van der Waals surface area contributed by atoms with E-state index in [-0.39, 0.29) is 0 Å². The van der Waals surface area contributed by atoms with E-state index in [1.165, 1.54) is 0 Å². The molecule has 0 aliphatic carbocycles. The van der Waals surface area contributed by atoms with Crippen LogP contribution in [0.4, 0.5) is 17.6 Å². The second-order valence-electron chi connectivity index (χ2n) is 2.76. The molecule has 0 unspecified atom stereocenters. The van der Waals surface area contributed by atoms with E-state index in [2.05, 4.69) is 0 Å². The fourth-order valence-corrected chi connectivity index (χ4v) is 1.09. The molecular weight excluding hydrogens is 230 g/mol. The number of hydrogen-bond acceptors (Lipinski definition) is 2. The summed E-state index contributed by atoms with van der Waals surface area (Å²) in [7, 11) is 0. The highest BCUT2D eigenvalue weighted by Gasteiger charge is 2.36. The van der Waals surface area contributed by atoms with Crippen LogP contribution in [0.5, 0.6) is 0 Å². The lowest BCUT2D eigenvalue weighted by molar-refractivity contribution is -0.138. The van der Waals surface area contributed by atoms with E-state index in [0.29, 0.717) is 12.1 Å². The zero-order chi connectivity index (χ0) is 12.5. The van der Waals surface area contributed by atoms with Gasteiger partial charge in [-0.1, -0.05) is 0 Å². The highest BCUT2D eigenvalue weighted by Crippen LogP contribution is 2.33. The quantitative estimate of drug-likeness (QED) is 0.757. The molecule has 3 nitrogen and oxygen atoms in total. The van der Waals surface area contributed by atoms with Crippen LogP contribution in [0.2, 0.25) is 0 Å². The number of carboxylic acids is 1. The third kappa shape index (κ3) is 1.95. The summed E-state index contributed by atoms with van der Waals surface area (Å²) in [6.07, 6.45) is -4.90. The van der Waals surface area contributed by atoms with Crippen LogP contribution in [-0.4, -0.2) is 11.1 Å². The minimum Gasteiger partial charge on any atom is -0.478 e. The molecule has 0 saturated heterocycles. The van der Waals surface area contributed by atoms with Gasteiger partial charge in [0.15, 0.2) is 5.82 Å². The second kappa shape index (κ2) is 3.81. The molecule has 0 atom stereocenters. The zero-order valence-electron chi connectivity index (χ0n) is 7.47. The molecule has 7 heteroatoms. The molecule has 0 amide bonds. The molecule has 84 valence electrons. The molecule has 0 fully saturated rings. The predicted molar refractivity (Wildman–Crippen MR) is 43.1 cm³/mol. The van der Waals surface area contributed by atoms with E-state index in [1.807, 2.05) is 0 Å². The Labute approximate surface area is 86.5 Å². The number of nitrogens with zero attached hydrogens (tertiary/aromatic N) is 1. The van der Waals surface area contributed by atoms with Crippen molar-refractivity contribution in [1.82, 2.24) is 0 Å². The van der Waals surface area contributed by atoms with E-state index < -0.39 is 34.7 Å². The lowest BCUT2D eigenvalue weighted by Gasteiger charge is -2.09. The Morgan fingerprint density at radius 3 is 2.31 bits per heavy atom. The first-order valence-corrected chi connectivity index (χ1v) is 3.82. The van der Waals surface area contributed by atoms with Gasteiger partial charge in [0.25, 0.3) is 0 Å². The van der Waals surface area contributed by atoms with Crippen molar-refractivity contribution in [1.29, 1.82) is 5.26 Å². The van der Waals surface area contributed by atoms with Crippen LogP contribution in [0, 0.1) is 17.1 Å². The molecule has 1 rings (SSSR count). The number of halogens is 4. The standard InChI is InChI=1S/C9H3F4NO2/c10-7-4(8(15)16)1-2-6(5(7)3-14)9(11,12)13/h1-2H,(H,15,16). The van der Waals surface area contributed by atoms with Gasteiger partial charge < -0.3 is 5.11 Å². The van der Waals surface area contributed by atoms with Crippen molar-refractivity contribution < 1.29 is 27.5 Å². The Morgan fingerprint density at radius 1 is 1.38 bits per heavy atom. The summed E-state index contributed by atoms with van der Waals surface area (Å²) in [4.78, 5) is 10.4. The first-order chi connectivity index (χ1) is 7.29. The molecule has 1 aromatic carbocycles. The van der Waals surface area contributed by atoms with Gasteiger partial charge >= 0.3 is 12.1 Å². The normalized spacial score (nSPS) is 10.9. The number of rotatable bonds is 1. The third-order valence-corrected chi connectivity index (χ3v) is 1.79. The maximum absolute atomic E-state index is 13.2. The SMILES string of the molecule is N#Cc1c(C(F)(F)F)ccc(C(=O)O)c1F. The van der Waals surface area contributed by atoms with Crippen molar-refractivity contribution >= 4 is 5.97 Å². The molecule has 1 N–H and O–H groups in total. The van der Waals surface area contributed by atoms with Gasteiger partial charge in [-0.15, -0.1) is 0 Å². The van der Waals surface area contributed by atoms with Gasteiger partial charge in [-0.3, -0.25) is 0 Å². The minimum atomic E-state index is -4.90. The van der Waals surface area contributed by atoms with Gasteiger partial charge in [0.1, 0.15) is 11.6 Å². The molecule has 0 heterocycles. The van der Waals surface area contributed by atoms with E-state index >= 15 is 0 Å². The number of aromatic carboxylic acids is 1. The van der Waals surface area contributed by atoms with E-state index in [9.17, 15) is 22.4 Å². The Morgan fingerprint density at radius 2 is 1.94 bits per heavy atom. The van der Waals surface area contributed by atoms with Crippen LogP contribution < -0.4 is 0 Å². The number of nitriles is 1. The maximum Gasteiger partial charge on any atom is 0.417 e. The van der Waals surface area contributed by atoms with Crippen molar-refractivity contribution in [3.05, 3.63) is 34.6 Å². The molecular formula is C9H3F4NO2. The lowest BCUT2D eigenvalue weighted by atomic mass is 10.0. The Balaban J connectivity index is 3.56. The topological polar surface area (TPSA) is 61.1 Å². The van der Waals surface area contributed by atoms with Gasteiger partial charge in [-0.05, 0) is 12.1 Å². The molecule has 0 saturated carbocycles. The Bertz CT molecular complexity index is 488. The summed E-state index contributed by atoms with van der Waals surface area (Å²) in [5, 5.41) is 16.8. The average Bonchev–Trinajstić information content (AvgIpc) is 2.15. The molecule has 0 aromatic heterocycles. The summed E-state index contributed by atoms with van der Waals surface area (Å²) >= 11 is 0. The Hall–Kier alpha value is -2.10. The average molecular weight is 233 g/mol. The fourth-order valence-electron chi connectivity index (χ4n) is 1.09. The van der Waals surface area contributed by atoms with Gasteiger partial charge in [0.2, 0.25) is 0 Å². The van der Waals surface area contributed by atoms with Crippen molar-refractivity contribution in [2.75, 3.05) is 0 Å². The van der Waals surface area contributed by atoms with Crippen LogP contribution >= 0.6 is 0 Å². The first-order valence-electron chi connectivity index (χ1n) is 3.82. The number of carbonyl (C=O) groups is 1. The van der Waals surface area contributed by atoms with Crippen molar-refractivity contribution in [2.45, 2.75) is 6.18 Å². The predicted octanol–water partition coefficient (Wildman–Crippen LogP) is 2.41. The fraction of sp³-hybridized carbons (Fsp3) is 0.111. The number of alkyl halides is 3. The van der Waals surface area contributed by atoms with Gasteiger partial charge in [0, 0.05) is 0 Å². The second-order valence-corrected chi connectivity index (χ2v) is 2.76. The van der Waals surface area contributed by atoms with Crippen LogP contribution in [0.1, 0.15) is 21.5 Å². The van der Waals surface area contributed by atoms with Crippen LogP contribution in [0.15, 0.2) is 12.1 Å². The van der Waals surface area contributed by atoms with E-state index in [4.69, 9.17) is 10.4 Å². The van der Waals surface area contributed by atoms with Crippen LogP contribution in [0.25, 0.3) is 0 Å². The molecule has 0 aliphatic rings. The molecule has 0 spiro atoms. The molecule has 0 aliphatic heterocycles. The van der Waals surface area contributed by atoms with Gasteiger partial charge in [-0.25, -0.2) is 9.18 Å². The first kappa shape index (κ1) is 12.0. The number of carboxylic acid groups (broad SMARTS) is 1. The largest absolute Gasteiger partial charge is 0.478 e. The van der Waals surface area contributed by atoms with E-state index in [0.717, 1.165) is 6.07 Å². The van der Waals surface area contributed by atoms with Crippen LogP contribution in [-0.2, 0) is 6.18 Å². The van der Waals surface area contributed by atoms with Crippen molar-refractivity contribution in [3.8, 4) is 6.07 Å². The minimum absolute atomic E-state index is 0.366. The van der Waals surface area contributed by atoms with Crippen LogP contribution in [0.3, 0.4) is 0 Å². The summed E-state index contributed by atoms with van der Waals surface area (Å²) in [6.45, 7) is 0.